The van der Waals surface area contributed by atoms with E-state index < -0.39 is 0 Å². The average molecular weight is 356 g/mol. The summed E-state index contributed by atoms with van der Waals surface area (Å²) in [5, 5.41) is 12.3. The molecule has 0 radical (unpaired) electrons. The first-order chi connectivity index (χ1) is 9.74. The number of rotatable bonds is 3. The van der Waals surface area contributed by atoms with E-state index in [1.54, 1.807) is 11.3 Å². The number of aromatic nitrogens is 1. The number of allylic oxidation sites excluding steroid dienone is 4. The van der Waals surface area contributed by atoms with Crippen LogP contribution >= 0.6 is 27.3 Å². The van der Waals surface area contributed by atoms with Crippen LogP contribution in [0.25, 0.3) is 0 Å². The summed E-state index contributed by atoms with van der Waals surface area (Å²) >= 11 is 5.29. The smallest absolute Gasteiger partial charge is 0.104 e. The van der Waals surface area contributed by atoms with E-state index in [1.807, 2.05) is 5.38 Å². The zero-order valence-electron chi connectivity index (χ0n) is 11.2. The Labute approximate surface area is 131 Å². The highest BCUT2D eigenvalue weighted by Crippen LogP contribution is 2.44. The van der Waals surface area contributed by atoms with Crippen LogP contribution in [0.5, 0.6) is 0 Å². The normalized spacial score (nSPS) is 25.5. The molecule has 108 valence electrons. The van der Waals surface area contributed by atoms with Crippen molar-refractivity contribution in [3.63, 3.8) is 0 Å². The number of halogens is 1. The van der Waals surface area contributed by atoms with Gasteiger partial charge >= 0.3 is 0 Å². The van der Waals surface area contributed by atoms with Gasteiger partial charge in [0.25, 0.3) is 0 Å². The molecule has 0 saturated carbocycles. The molecule has 3 nitrogen and oxygen atoms in total. The highest BCUT2D eigenvalue weighted by Gasteiger charge is 2.40. The van der Waals surface area contributed by atoms with Gasteiger partial charge in [-0.3, -0.25) is 0 Å². The van der Waals surface area contributed by atoms with E-state index >= 15 is 0 Å². The van der Waals surface area contributed by atoms with Crippen molar-refractivity contribution in [3.05, 3.63) is 39.9 Å². The van der Waals surface area contributed by atoms with Gasteiger partial charge in [0.2, 0.25) is 0 Å². The number of ether oxygens (including phenoxy) is 1. The molecule has 2 heterocycles. The first-order valence-electron chi connectivity index (χ1n) is 6.91. The fourth-order valence-electron chi connectivity index (χ4n) is 2.89. The number of nitrogens with zero attached hydrogens (tertiary/aromatic N) is 1. The SMILES string of the molecule is OCc1csc(C2(C3=CCC(Br)C=C3)CCOCC2)n1. The van der Waals surface area contributed by atoms with E-state index in [1.165, 1.54) is 5.57 Å². The summed E-state index contributed by atoms with van der Waals surface area (Å²) in [6.45, 7) is 1.56. The third-order valence-electron chi connectivity index (χ3n) is 4.07. The molecule has 0 aromatic carbocycles. The summed E-state index contributed by atoms with van der Waals surface area (Å²) in [6.07, 6.45) is 9.72. The molecule has 1 aromatic rings. The van der Waals surface area contributed by atoms with Crippen LogP contribution in [0, 0.1) is 0 Å². The molecular formula is C15H18BrNO2S. The topological polar surface area (TPSA) is 42.4 Å². The quantitative estimate of drug-likeness (QED) is 0.845. The van der Waals surface area contributed by atoms with Crippen molar-refractivity contribution in [2.45, 2.75) is 36.1 Å². The molecule has 5 heteroatoms. The van der Waals surface area contributed by atoms with Gasteiger partial charge in [-0.2, -0.15) is 0 Å². The molecule has 20 heavy (non-hydrogen) atoms. The summed E-state index contributed by atoms with van der Waals surface area (Å²) in [5.41, 5.74) is 2.10. The number of thiazole rings is 1. The number of aliphatic hydroxyl groups excluding tert-OH is 1. The van der Waals surface area contributed by atoms with Crippen molar-refractivity contribution >= 4 is 27.3 Å². The lowest BCUT2D eigenvalue weighted by atomic mass is 9.72. The minimum Gasteiger partial charge on any atom is -0.390 e. The molecule has 1 N–H and O–H groups in total. The lowest BCUT2D eigenvalue weighted by Gasteiger charge is -2.38. The second kappa shape index (κ2) is 6.10. The molecule has 0 spiro atoms. The second-order valence-electron chi connectivity index (χ2n) is 5.27. The highest BCUT2D eigenvalue weighted by molar-refractivity contribution is 9.09. The van der Waals surface area contributed by atoms with Gasteiger partial charge in [0, 0.05) is 23.4 Å². The van der Waals surface area contributed by atoms with Gasteiger partial charge in [0.15, 0.2) is 0 Å². The van der Waals surface area contributed by atoms with Crippen LogP contribution in [0.15, 0.2) is 29.2 Å². The Balaban J connectivity index is 1.98. The maximum Gasteiger partial charge on any atom is 0.104 e. The fraction of sp³-hybridized carbons (Fsp3) is 0.533. The maximum absolute atomic E-state index is 9.26. The van der Waals surface area contributed by atoms with E-state index in [2.05, 4.69) is 39.1 Å². The first kappa shape index (κ1) is 14.4. The van der Waals surface area contributed by atoms with Crippen molar-refractivity contribution in [3.8, 4) is 0 Å². The summed E-state index contributed by atoms with van der Waals surface area (Å²) in [7, 11) is 0. The Bertz CT molecular complexity index is 532. The van der Waals surface area contributed by atoms with Crippen molar-refractivity contribution in [2.75, 3.05) is 13.2 Å². The Morgan fingerprint density at radius 2 is 2.25 bits per heavy atom. The molecular weight excluding hydrogens is 338 g/mol. The molecule has 1 atom stereocenters. The van der Waals surface area contributed by atoms with Gasteiger partial charge in [-0.1, -0.05) is 34.2 Å². The van der Waals surface area contributed by atoms with Crippen LogP contribution in [-0.4, -0.2) is 28.1 Å². The predicted molar refractivity (Wildman–Crippen MR) is 84.3 cm³/mol. The zero-order valence-corrected chi connectivity index (χ0v) is 13.6. The molecule has 3 rings (SSSR count). The van der Waals surface area contributed by atoms with Crippen LogP contribution in [0.2, 0.25) is 0 Å². The minimum absolute atomic E-state index is 0.0153. The van der Waals surface area contributed by atoms with E-state index in [4.69, 9.17) is 4.74 Å². The standard InChI is InChI=1S/C15H18BrNO2S/c16-12-3-1-11(2-4-12)15(5-7-19-8-6-15)14-17-13(9-18)10-20-14/h1-3,10,12,18H,4-9H2. The minimum atomic E-state index is -0.0278. The highest BCUT2D eigenvalue weighted by atomic mass is 79.9. The monoisotopic (exact) mass is 355 g/mol. The number of hydrogen-bond acceptors (Lipinski definition) is 4. The van der Waals surface area contributed by atoms with Crippen molar-refractivity contribution in [1.29, 1.82) is 0 Å². The van der Waals surface area contributed by atoms with Crippen LogP contribution in [0.4, 0.5) is 0 Å². The van der Waals surface area contributed by atoms with E-state index in [0.717, 1.165) is 43.2 Å². The predicted octanol–water partition coefficient (Wildman–Crippen LogP) is 3.33. The molecule has 1 unspecified atom stereocenters. The maximum atomic E-state index is 9.26. The van der Waals surface area contributed by atoms with E-state index in [-0.39, 0.29) is 12.0 Å². The third kappa shape index (κ3) is 2.64. The van der Waals surface area contributed by atoms with Crippen molar-refractivity contribution in [1.82, 2.24) is 4.98 Å². The Hall–Kier alpha value is -0.490. The average Bonchev–Trinajstić information content (AvgIpc) is 2.98. The van der Waals surface area contributed by atoms with Crippen LogP contribution < -0.4 is 0 Å². The van der Waals surface area contributed by atoms with Gasteiger partial charge in [0.05, 0.1) is 17.7 Å². The summed E-state index contributed by atoms with van der Waals surface area (Å²) in [5.74, 6) is 0. The third-order valence-corrected chi connectivity index (χ3v) is 5.84. The van der Waals surface area contributed by atoms with Crippen molar-refractivity contribution in [2.24, 2.45) is 0 Å². The zero-order chi connectivity index (χ0) is 14.0. The Kier molecular flexibility index (Phi) is 4.40. The first-order valence-corrected chi connectivity index (χ1v) is 8.70. The lowest BCUT2D eigenvalue weighted by molar-refractivity contribution is 0.0625. The van der Waals surface area contributed by atoms with Crippen LogP contribution in [-0.2, 0) is 16.8 Å². The van der Waals surface area contributed by atoms with Crippen LogP contribution in [0.3, 0.4) is 0 Å². The van der Waals surface area contributed by atoms with E-state index in [9.17, 15) is 5.11 Å². The Morgan fingerprint density at radius 1 is 1.45 bits per heavy atom. The largest absolute Gasteiger partial charge is 0.390 e. The van der Waals surface area contributed by atoms with Gasteiger partial charge < -0.3 is 9.84 Å². The molecule has 1 fully saturated rings. The van der Waals surface area contributed by atoms with Crippen LogP contribution in [0.1, 0.15) is 30.0 Å². The molecule has 0 bridgehead atoms. The summed E-state index contributed by atoms with van der Waals surface area (Å²) < 4.78 is 5.56. The summed E-state index contributed by atoms with van der Waals surface area (Å²) in [6, 6.07) is 0. The molecule has 0 amide bonds. The Morgan fingerprint density at radius 3 is 2.85 bits per heavy atom. The molecule has 2 aliphatic rings. The molecule has 1 aliphatic carbocycles. The van der Waals surface area contributed by atoms with Gasteiger partial charge in [0.1, 0.15) is 5.01 Å². The summed E-state index contributed by atoms with van der Waals surface area (Å²) in [4.78, 5) is 5.08. The number of hydrogen-bond donors (Lipinski definition) is 1. The van der Waals surface area contributed by atoms with E-state index in [0.29, 0.717) is 4.83 Å². The van der Waals surface area contributed by atoms with Gasteiger partial charge in [-0.25, -0.2) is 4.98 Å². The number of alkyl halides is 1. The number of aliphatic hydroxyl groups is 1. The molecule has 1 saturated heterocycles. The van der Waals surface area contributed by atoms with Gasteiger partial charge in [-0.15, -0.1) is 11.3 Å². The lowest BCUT2D eigenvalue weighted by Crippen LogP contribution is -2.36. The fourth-order valence-corrected chi connectivity index (χ4v) is 4.33. The second-order valence-corrected chi connectivity index (χ2v) is 7.30. The van der Waals surface area contributed by atoms with Crippen molar-refractivity contribution < 1.29 is 9.84 Å². The van der Waals surface area contributed by atoms with Gasteiger partial charge in [-0.05, 0) is 24.8 Å². The molecule has 1 aliphatic heterocycles. The molecule has 1 aromatic heterocycles.